The first-order chi connectivity index (χ1) is 17.4. The molecule has 3 heterocycles. The lowest BCUT2D eigenvalue weighted by molar-refractivity contribution is -0.0931. The molecule has 9 heteroatoms. The zero-order valence-corrected chi connectivity index (χ0v) is 21.3. The van der Waals surface area contributed by atoms with Gasteiger partial charge in [0.1, 0.15) is 11.5 Å². The monoisotopic (exact) mass is 527 g/mol. The maximum absolute atomic E-state index is 11.4. The number of aromatic carboxylic acids is 1. The molecular formula is C27H27Cl2N3O4. The average Bonchev–Trinajstić information content (AvgIpc) is 3.62. The Morgan fingerprint density at radius 3 is 2.72 bits per heavy atom. The molecule has 2 aliphatic carbocycles. The van der Waals surface area contributed by atoms with Crippen molar-refractivity contribution >= 4 is 34.9 Å². The molecule has 188 valence electrons. The normalized spacial score (nSPS) is 23.6. The van der Waals surface area contributed by atoms with Crippen LogP contribution in [-0.2, 0) is 11.3 Å². The Morgan fingerprint density at radius 1 is 1.22 bits per heavy atom. The molecule has 1 aliphatic heterocycles. The molecule has 3 aliphatic rings. The smallest absolute Gasteiger partial charge is 0.337 e. The fraction of sp³-hybridized carbons (Fsp3) is 0.444. The van der Waals surface area contributed by atoms with Gasteiger partial charge in [0.2, 0.25) is 0 Å². The van der Waals surface area contributed by atoms with Crippen molar-refractivity contribution in [1.82, 2.24) is 10.1 Å². The minimum atomic E-state index is -0.954. The van der Waals surface area contributed by atoms with E-state index >= 15 is 0 Å². The number of piperidine rings is 1. The van der Waals surface area contributed by atoms with Gasteiger partial charge < -0.3 is 19.3 Å². The Kier molecular flexibility index (Phi) is 6.18. The van der Waals surface area contributed by atoms with Crippen molar-refractivity contribution < 1.29 is 19.2 Å². The summed E-state index contributed by atoms with van der Waals surface area (Å²) in [4.78, 5) is 17.8. The van der Waals surface area contributed by atoms with Gasteiger partial charge in [0.15, 0.2) is 0 Å². The standard InChI is InChI=1S/C27H27Cl2N3O4/c28-21-3-1-4-22(29)23(21)24-20(25(36-31-24)16-5-6-16)14-35-19-10-27(11-19)7-2-8-32(15-27)18-9-17(26(33)34)12-30-13-18/h1,3-4,9,12-13,16,19H,2,5-8,10-11,14-15H2,(H,33,34). The Hall–Kier alpha value is -2.61. The minimum Gasteiger partial charge on any atom is -0.478 e. The van der Waals surface area contributed by atoms with Crippen LogP contribution in [0.15, 0.2) is 41.2 Å². The lowest BCUT2D eigenvalue weighted by Gasteiger charge is -2.53. The fourth-order valence-corrected chi connectivity index (χ4v) is 6.33. The van der Waals surface area contributed by atoms with Crippen molar-refractivity contribution in [3.05, 3.63) is 63.6 Å². The number of nitrogens with zero attached hydrogens (tertiary/aromatic N) is 3. The molecule has 7 nitrogen and oxygen atoms in total. The zero-order valence-electron chi connectivity index (χ0n) is 19.8. The summed E-state index contributed by atoms with van der Waals surface area (Å²) in [5, 5.41) is 14.8. The van der Waals surface area contributed by atoms with Gasteiger partial charge in [-0.15, -0.1) is 0 Å². The van der Waals surface area contributed by atoms with Crippen LogP contribution < -0.4 is 4.90 Å². The van der Waals surface area contributed by atoms with E-state index in [9.17, 15) is 9.90 Å². The summed E-state index contributed by atoms with van der Waals surface area (Å²) in [7, 11) is 0. The molecule has 0 unspecified atom stereocenters. The van der Waals surface area contributed by atoms with Gasteiger partial charge in [-0.1, -0.05) is 34.4 Å². The number of carboxylic acid groups (broad SMARTS) is 1. The van der Waals surface area contributed by atoms with Gasteiger partial charge in [0.25, 0.3) is 0 Å². The van der Waals surface area contributed by atoms with Gasteiger partial charge >= 0.3 is 5.97 Å². The van der Waals surface area contributed by atoms with Crippen LogP contribution in [-0.4, -0.2) is 40.4 Å². The Morgan fingerprint density at radius 2 is 2.00 bits per heavy atom. The van der Waals surface area contributed by atoms with E-state index in [2.05, 4.69) is 15.0 Å². The van der Waals surface area contributed by atoms with Crippen LogP contribution >= 0.6 is 23.2 Å². The molecule has 0 atom stereocenters. The number of rotatable bonds is 7. The van der Waals surface area contributed by atoms with E-state index < -0.39 is 5.97 Å². The van der Waals surface area contributed by atoms with E-state index in [0.717, 1.165) is 68.6 Å². The van der Waals surface area contributed by atoms with Gasteiger partial charge in [-0.25, -0.2) is 4.79 Å². The molecule has 6 rings (SSSR count). The second-order valence-electron chi connectivity index (χ2n) is 10.3. The largest absolute Gasteiger partial charge is 0.478 e. The van der Waals surface area contributed by atoms with Gasteiger partial charge in [-0.2, -0.15) is 0 Å². The molecule has 2 saturated carbocycles. The fourth-order valence-electron chi connectivity index (χ4n) is 5.75. The molecule has 3 aromatic rings. The highest BCUT2D eigenvalue weighted by molar-refractivity contribution is 6.39. The van der Waals surface area contributed by atoms with Gasteiger partial charge in [-0.05, 0) is 62.1 Å². The number of halogens is 2. The summed E-state index contributed by atoms with van der Waals surface area (Å²) in [5.41, 5.74) is 3.60. The van der Waals surface area contributed by atoms with Crippen molar-refractivity contribution in [3.8, 4) is 11.3 Å². The molecule has 0 radical (unpaired) electrons. The summed E-state index contributed by atoms with van der Waals surface area (Å²) in [6, 6.07) is 7.16. The highest BCUT2D eigenvalue weighted by Crippen LogP contribution is 2.51. The van der Waals surface area contributed by atoms with E-state index in [4.69, 9.17) is 32.5 Å². The molecular weight excluding hydrogens is 501 g/mol. The minimum absolute atomic E-state index is 0.157. The first-order valence-corrected chi connectivity index (χ1v) is 13.2. The molecule has 36 heavy (non-hydrogen) atoms. The van der Waals surface area contributed by atoms with Crippen LogP contribution in [0.3, 0.4) is 0 Å². The predicted octanol–water partition coefficient (Wildman–Crippen LogP) is 6.58. The van der Waals surface area contributed by atoms with Gasteiger partial charge in [-0.3, -0.25) is 4.98 Å². The zero-order chi connectivity index (χ0) is 24.9. The van der Waals surface area contributed by atoms with Gasteiger partial charge in [0, 0.05) is 36.3 Å². The topological polar surface area (TPSA) is 88.7 Å². The summed E-state index contributed by atoms with van der Waals surface area (Å²) >= 11 is 13.0. The van der Waals surface area contributed by atoms with Crippen LogP contribution in [0.5, 0.6) is 0 Å². The number of pyridine rings is 1. The third-order valence-electron chi connectivity index (χ3n) is 7.75. The first-order valence-electron chi connectivity index (χ1n) is 12.4. The SMILES string of the molecule is O=C(O)c1cncc(N2CCCC3(CC(OCc4c(-c5c(Cl)cccc5Cl)noc4C4CC4)C3)C2)c1. The number of benzene rings is 1. The molecule has 1 spiro atoms. The van der Waals surface area contributed by atoms with Crippen molar-refractivity contribution in [2.24, 2.45) is 5.41 Å². The lowest BCUT2D eigenvalue weighted by Crippen LogP contribution is -2.53. The number of hydrogen-bond donors (Lipinski definition) is 1. The highest BCUT2D eigenvalue weighted by Gasteiger charge is 2.47. The van der Waals surface area contributed by atoms with Crippen LogP contribution in [0, 0.1) is 5.41 Å². The van der Waals surface area contributed by atoms with E-state index in [1.54, 1.807) is 12.3 Å². The maximum Gasteiger partial charge on any atom is 0.337 e. The quantitative estimate of drug-likeness (QED) is 0.370. The Balaban J connectivity index is 1.14. The molecule has 1 aromatic carbocycles. The third-order valence-corrected chi connectivity index (χ3v) is 8.38. The maximum atomic E-state index is 11.4. The highest BCUT2D eigenvalue weighted by atomic mass is 35.5. The second-order valence-corrected chi connectivity index (χ2v) is 11.2. The number of anilines is 1. The van der Waals surface area contributed by atoms with Crippen molar-refractivity contribution in [1.29, 1.82) is 0 Å². The van der Waals surface area contributed by atoms with Crippen LogP contribution in [0.4, 0.5) is 5.69 Å². The summed E-state index contributed by atoms with van der Waals surface area (Å²) < 4.78 is 12.2. The van der Waals surface area contributed by atoms with E-state index in [1.165, 1.54) is 6.20 Å². The van der Waals surface area contributed by atoms with E-state index in [-0.39, 0.29) is 17.1 Å². The second kappa shape index (κ2) is 9.36. The molecule has 1 N–H and O–H groups in total. The van der Waals surface area contributed by atoms with E-state index in [1.807, 2.05) is 18.2 Å². The molecule has 0 amide bonds. The van der Waals surface area contributed by atoms with Crippen molar-refractivity contribution in [2.45, 2.75) is 57.2 Å². The van der Waals surface area contributed by atoms with Crippen molar-refractivity contribution in [2.75, 3.05) is 18.0 Å². The molecule has 1 saturated heterocycles. The molecule has 3 fully saturated rings. The van der Waals surface area contributed by atoms with Crippen LogP contribution in [0.1, 0.15) is 66.1 Å². The predicted molar refractivity (Wildman–Crippen MR) is 137 cm³/mol. The summed E-state index contributed by atoms with van der Waals surface area (Å²) in [6.45, 7) is 2.21. The first kappa shape index (κ1) is 23.8. The average molecular weight is 528 g/mol. The summed E-state index contributed by atoms with van der Waals surface area (Å²) in [6.07, 6.45) is 9.66. The van der Waals surface area contributed by atoms with E-state index in [0.29, 0.717) is 33.8 Å². The Bertz CT molecular complexity index is 1280. The number of hydrogen-bond acceptors (Lipinski definition) is 6. The number of ether oxygens (including phenoxy) is 1. The van der Waals surface area contributed by atoms with Crippen molar-refractivity contribution in [3.63, 3.8) is 0 Å². The summed E-state index contributed by atoms with van der Waals surface area (Å²) in [5.74, 6) is 0.329. The molecule has 0 bridgehead atoms. The molecule has 2 aromatic heterocycles. The number of aromatic nitrogens is 2. The Labute approximate surface area is 219 Å². The number of carboxylic acids is 1. The lowest BCUT2D eigenvalue weighted by atomic mass is 9.62. The van der Waals surface area contributed by atoms with Crippen LogP contribution in [0.2, 0.25) is 10.0 Å². The van der Waals surface area contributed by atoms with Crippen LogP contribution in [0.25, 0.3) is 11.3 Å². The third kappa shape index (κ3) is 4.49. The van der Waals surface area contributed by atoms with Gasteiger partial charge in [0.05, 0.1) is 40.2 Å². The number of carbonyl (C=O) groups is 1.